The maximum Gasteiger partial charge on any atom is 0.325 e. The number of aromatic amines is 2. The first kappa shape index (κ1) is 18.7. The number of hydrogen-bond donors (Lipinski definition) is 3. The van der Waals surface area contributed by atoms with E-state index in [9.17, 15) is 9.59 Å². The lowest BCUT2D eigenvalue weighted by Crippen LogP contribution is -2.13. The summed E-state index contributed by atoms with van der Waals surface area (Å²) in [5.74, 6) is 1.61. The average molecular weight is 418 g/mol. The van der Waals surface area contributed by atoms with Gasteiger partial charge in [0.15, 0.2) is 22.9 Å². The van der Waals surface area contributed by atoms with Gasteiger partial charge in [-0.25, -0.2) is 9.78 Å². The van der Waals surface area contributed by atoms with Gasteiger partial charge in [0, 0.05) is 30.4 Å². The van der Waals surface area contributed by atoms with Crippen LogP contribution in [0, 0.1) is 0 Å². The van der Waals surface area contributed by atoms with Crippen LogP contribution in [-0.4, -0.2) is 34.1 Å². The second-order valence-electron chi connectivity index (χ2n) is 6.88. The fourth-order valence-electron chi connectivity index (χ4n) is 3.33. The molecular formula is C22H18N4O5. The molecule has 0 atom stereocenters. The van der Waals surface area contributed by atoms with Gasteiger partial charge in [0.2, 0.25) is 0 Å². The molecule has 156 valence electrons. The van der Waals surface area contributed by atoms with Crippen LogP contribution in [0.4, 0.5) is 5.69 Å². The largest absolute Gasteiger partial charge is 0.490 e. The molecule has 1 amide bonds. The molecule has 1 aliphatic rings. The number of H-pyrrole nitrogens is 2. The van der Waals surface area contributed by atoms with Crippen molar-refractivity contribution in [3.05, 3.63) is 70.8 Å². The van der Waals surface area contributed by atoms with E-state index in [1.165, 1.54) is 6.20 Å². The Labute approximate surface area is 176 Å². The van der Waals surface area contributed by atoms with E-state index < -0.39 is 0 Å². The molecule has 0 bridgehead atoms. The van der Waals surface area contributed by atoms with Gasteiger partial charge in [-0.1, -0.05) is 12.1 Å². The van der Waals surface area contributed by atoms with E-state index in [4.69, 9.17) is 14.2 Å². The Morgan fingerprint density at radius 2 is 1.94 bits per heavy atom. The highest BCUT2D eigenvalue weighted by atomic mass is 16.5. The molecule has 4 aromatic rings. The third-order valence-electron chi connectivity index (χ3n) is 4.72. The Kier molecular flexibility index (Phi) is 4.75. The third-order valence-corrected chi connectivity index (χ3v) is 4.72. The molecule has 9 heteroatoms. The summed E-state index contributed by atoms with van der Waals surface area (Å²) >= 11 is 0. The molecule has 31 heavy (non-hydrogen) atoms. The van der Waals surface area contributed by atoms with Crippen LogP contribution in [-0.2, 0) is 0 Å². The van der Waals surface area contributed by atoms with Gasteiger partial charge in [-0.2, -0.15) is 0 Å². The fourth-order valence-corrected chi connectivity index (χ4v) is 3.33. The van der Waals surface area contributed by atoms with E-state index in [0.29, 0.717) is 58.6 Å². The van der Waals surface area contributed by atoms with Crippen molar-refractivity contribution in [1.29, 1.82) is 0 Å². The summed E-state index contributed by atoms with van der Waals surface area (Å²) in [6, 6.07) is 13.8. The van der Waals surface area contributed by atoms with Crippen LogP contribution < -0.4 is 25.2 Å². The van der Waals surface area contributed by atoms with Gasteiger partial charge >= 0.3 is 5.69 Å². The van der Waals surface area contributed by atoms with Crippen molar-refractivity contribution in [2.75, 3.05) is 18.5 Å². The molecule has 1 aliphatic heterocycles. The minimum Gasteiger partial charge on any atom is -0.490 e. The minimum atomic E-state index is -0.368. The standard InChI is InChI=1S/C22H18N4O5/c27-21(15-6-2-7-17-19(15)30-11-3-10-29-17)24-13-4-1-5-14(12-13)31-16-8-9-23-20-18(16)25-22(28)26-20/h1-2,4-9,12H,3,10-11H2,(H,24,27)(H2,23,25,26,28). The summed E-state index contributed by atoms with van der Waals surface area (Å²) in [5.41, 5.74) is 1.44. The smallest absolute Gasteiger partial charge is 0.325 e. The van der Waals surface area contributed by atoms with Crippen LogP contribution in [0.1, 0.15) is 16.8 Å². The second kappa shape index (κ2) is 7.86. The van der Waals surface area contributed by atoms with Crippen molar-refractivity contribution >= 4 is 22.8 Å². The number of pyridine rings is 1. The zero-order valence-electron chi connectivity index (χ0n) is 16.3. The minimum absolute atomic E-state index is 0.319. The van der Waals surface area contributed by atoms with Crippen molar-refractivity contribution in [2.24, 2.45) is 0 Å². The molecule has 0 radical (unpaired) electrons. The van der Waals surface area contributed by atoms with Crippen LogP contribution in [0.2, 0.25) is 0 Å². The molecule has 9 nitrogen and oxygen atoms in total. The van der Waals surface area contributed by atoms with E-state index in [-0.39, 0.29) is 11.6 Å². The molecule has 0 aliphatic carbocycles. The molecule has 2 aromatic carbocycles. The predicted molar refractivity (Wildman–Crippen MR) is 113 cm³/mol. The number of fused-ring (bicyclic) bond motifs is 2. The quantitative estimate of drug-likeness (QED) is 0.467. The number of rotatable bonds is 4. The van der Waals surface area contributed by atoms with Crippen molar-refractivity contribution in [3.63, 3.8) is 0 Å². The molecule has 3 heterocycles. The number of nitrogens with one attached hydrogen (secondary N) is 3. The molecule has 3 N–H and O–H groups in total. The monoisotopic (exact) mass is 418 g/mol. The van der Waals surface area contributed by atoms with Crippen molar-refractivity contribution < 1.29 is 19.0 Å². The van der Waals surface area contributed by atoms with Crippen molar-refractivity contribution in [1.82, 2.24) is 15.0 Å². The van der Waals surface area contributed by atoms with E-state index in [1.54, 1.807) is 48.5 Å². The van der Waals surface area contributed by atoms with Gasteiger partial charge in [-0.05, 0) is 24.3 Å². The predicted octanol–water partition coefficient (Wildman–Crippen LogP) is 3.46. The average Bonchev–Trinajstić information content (AvgIpc) is 2.99. The normalized spacial score (nSPS) is 12.9. The van der Waals surface area contributed by atoms with Crippen LogP contribution in [0.25, 0.3) is 11.2 Å². The summed E-state index contributed by atoms with van der Waals surface area (Å²) in [4.78, 5) is 33.8. The van der Waals surface area contributed by atoms with Gasteiger partial charge < -0.3 is 24.5 Å². The van der Waals surface area contributed by atoms with Gasteiger partial charge in [-0.3, -0.25) is 9.78 Å². The Morgan fingerprint density at radius 3 is 2.87 bits per heavy atom. The number of para-hydroxylation sites is 1. The van der Waals surface area contributed by atoms with Crippen molar-refractivity contribution in [3.8, 4) is 23.0 Å². The van der Waals surface area contributed by atoms with Crippen LogP contribution in [0.5, 0.6) is 23.0 Å². The molecule has 0 unspecified atom stereocenters. The van der Waals surface area contributed by atoms with E-state index in [0.717, 1.165) is 6.42 Å². The topological polar surface area (TPSA) is 118 Å². The molecule has 2 aromatic heterocycles. The number of anilines is 1. The molecule has 0 fully saturated rings. The number of aromatic nitrogens is 3. The number of carbonyl (C=O) groups excluding carboxylic acids is 1. The number of hydrogen-bond acceptors (Lipinski definition) is 6. The number of carbonyl (C=O) groups is 1. The lowest BCUT2D eigenvalue weighted by atomic mass is 10.1. The lowest BCUT2D eigenvalue weighted by Gasteiger charge is -2.13. The highest BCUT2D eigenvalue weighted by Gasteiger charge is 2.19. The summed E-state index contributed by atoms with van der Waals surface area (Å²) < 4.78 is 17.3. The van der Waals surface area contributed by atoms with Crippen molar-refractivity contribution in [2.45, 2.75) is 6.42 Å². The fraction of sp³-hybridized carbons (Fsp3) is 0.136. The van der Waals surface area contributed by atoms with Gasteiger partial charge in [-0.15, -0.1) is 0 Å². The van der Waals surface area contributed by atoms with Crippen LogP contribution >= 0.6 is 0 Å². The van der Waals surface area contributed by atoms with E-state index in [2.05, 4.69) is 20.3 Å². The summed E-state index contributed by atoms with van der Waals surface area (Å²) in [6.45, 7) is 1.04. The maximum atomic E-state index is 12.9. The molecule has 0 spiro atoms. The lowest BCUT2D eigenvalue weighted by molar-refractivity contribution is 0.102. The zero-order chi connectivity index (χ0) is 21.2. The highest BCUT2D eigenvalue weighted by molar-refractivity contribution is 6.06. The Bertz CT molecular complexity index is 1330. The molecule has 5 rings (SSSR count). The molecule has 0 saturated carbocycles. The van der Waals surface area contributed by atoms with Gasteiger partial charge in [0.05, 0.1) is 18.8 Å². The molecular weight excluding hydrogens is 400 g/mol. The first-order valence-electron chi connectivity index (χ1n) is 9.72. The van der Waals surface area contributed by atoms with Gasteiger partial charge in [0.25, 0.3) is 5.91 Å². The summed E-state index contributed by atoms with van der Waals surface area (Å²) in [5, 5.41) is 2.87. The van der Waals surface area contributed by atoms with Crippen LogP contribution in [0.15, 0.2) is 59.5 Å². The maximum absolute atomic E-state index is 12.9. The first-order valence-corrected chi connectivity index (χ1v) is 9.72. The zero-order valence-corrected chi connectivity index (χ0v) is 16.3. The molecule has 0 saturated heterocycles. The Balaban J connectivity index is 1.39. The second-order valence-corrected chi connectivity index (χ2v) is 6.88. The highest BCUT2D eigenvalue weighted by Crippen LogP contribution is 2.34. The van der Waals surface area contributed by atoms with E-state index in [1.807, 2.05) is 0 Å². The van der Waals surface area contributed by atoms with Crippen LogP contribution in [0.3, 0.4) is 0 Å². The SMILES string of the molecule is O=C(Nc1cccc(Oc2ccnc3[nH]c(=O)[nH]c23)c1)c1cccc2c1OCCCO2. The Morgan fingerprint density at radius 1 is 1.06 bits per heavy atom. The number of amides is 1. The summed E-state index contributed by atoms with van der Waals surface area (Å²) in [6.07, 6.45) is 2.29. The first-order chi connectivity index (χ1) is 15.2. The number of nitrogens with zero attached hydrogens (tertiary/aromatic N) is 1. The van der Waals surface area contributed by atoms with Gasteiger partial charge in [0.1, 0.15) is 11.3 Å². The number of benzene rings is 2. The van der Waals surface area contributed by atoms with E-state index >= 15 is 0 Å². The summed E-state index contributed by atoms with van der Waals surface area (Å²) in [7, 11) is 0. The Hall–Kier alpha value is -4.27. The third kappa shape index (κ3) is 3.80. The number of ether oxygens (including phenoxy) is 3. The number of imidazole rings is 1.